The summed E-state index contributed by atoms with van der Waals surface area (Å²) >= 11 is 26.9. The molecule has 0 radical (unpaired) electrons. The number of nitrogens with one attached hydrogen (secondary N) is 5. The summed E-state index contributed by atoms with van der Waals surface area (Å²) in [6, 6.07) is 40.8. The number of methoxy groups -OCH3 is 7. The predicted octanol–water partition coefficient (Wildman–Crippen LogP) is 13.4. The number of rotatable bonds is 22. The van der Waals surface area contributed by atoms with Crippen LogP contribution in [0.5, 0.6) is 41.4 Å². The molecule has 46 heteroatoms. The van der Waals surface area contributed by atoms with E-state index in [-0.39, 0.29) is 129 Å². The summed E-state index contributed by atoms with van der Waals surface area (Å²) in [5.41, 5.74) is 6.77. The number of carbonyl (C=O) groups excluding carboxylic acids is 4. The van der Waals surface area contributed by atoms with Crippen molar-refractivity contribution in [1.29, 1.82) is 21.0 Å². The zero-order chi connectivity index (χ0) is 99.2. The second kappa shape index (κ2) is 48.8. The minimum Gasteiger partial charge on any atom is -0.497 e. The van der Waals surface area contributed by atoms with E-state index in [1.54, 1.807) is 88.5 Å². The number of nitrogens with zero attached hydrogens (tertiary/aromatic N) is 14. The fourth-order valence-corrected chi connectivity index (χ4v) is 14.1. The van der Waals surface area contributed by atoms with E-state index in [2.05, 4.69) is 140 Å². The molecular weight excluding hydrogens is 2110 g/mol. The molecule has 133 heavy (non-hydrogen) atoms. The van der Waals surface area contributed by atoms with Crippen LogP contribution in [0.4, 0.5) is 20.4 Å². The molecule has 13 aromatic rings. The molecule has 0 bridgehead atoms. The molecule has 0 spiro atoms. The molecule has 0 atom stereocenters. The molecule has 0 saturated heterocycles. The lowest BCUT2D eigenvalue weighted by Gasteiger charge is -2.15. The van der Waals surface area contributed by atoms with Crippen LogP contribution in [0.25, 0.3) is 0 Å². The van der Waals surface area contributed by atoms with Gasteiger partial charge in [0, 0.05) is 36.2 Å². The van der Waals surface area contributed by atoms with E-state index >= 15 is 0 Å². The van der Waals surface area contributed by atoms with Gasteiger partial charge in [-0.1, -0.05) is 42.7 Å². The average molecular weight is 2180 g/mol. The Bertz CT molecular complexity index is 7190. The van der Waals surface area contributed by atoms with Crippen molar-refractivity contribution >= 4 is 138 Å². The van der Waals surface area contributed by atoms with Gasteiger partial charge in [0.15, 0.2) is 5.15 Å². The maximum atomic E-state index is 14.4. The SMILES string of the molecule is COc1cc(Cl)nc(OC)n1.COc1ccc(CNc2cc(Cn3c(C(=O)c4cc(C)cc(C#N)c4)c(Br)c(=O)[nH]c3=O)cc(F)n2)cc1.COc1nc(Cl)c(Br)c(OC)n1.COc1nc(OC)c(Br)c(C(=O)c2cc(C)cc(C#N)c2)n1.Cc1cc(C#N)cc(C(=O)c2[nH]c(=O)[nH]c(=O)c2Br)c1.Cc1cc(C#N)cc(C(=O)c2c(Br)c(=O)[nH]c(=O)n2Cc2cc(N)nc(F)c2)c1.[3H]C. The monoisotopic (exact) mass is 2170 g/mol. The average Bonchev–Trinajstić information content (AvgIpc) is 0.782. The Labute approximate surface area is 806 Å². The summed E-state index contributed by atoms with van der Waals surface area (Å²) in [6.45, 7) is 6.86. The molecule has 0 aliphatic heterocycles. The summed E-state index contributed by atoms with van der Waals surface area (Å²) < 4.78 is 70.8. The molecule has 7 N–H and O–H groups in total. The highest BCUT2D eigenvalue weighted by Crippen LogP contribution is 2.33. The molecule has 37 nitrogen and oxygen atoms in total. The molecule has 8 heterocycles. The molecule has 684 valence electrons. The van der Waals surface area contributed by atoms with Gasteiger partial charge in [-0.05, 0) is 255 Å². The third-order valence-electron chi connectivity index (χ3n) is 17.3. The third-order valence-corrected chi connectivity index (χ3v) is 21.7. The van der Waals surface area contributed by atoms with Gasteiger partial charge in [0.05, 0.1) is 109 Å². The molecule has 0 unspecified atom stereocenters. The summed E-state index contributed by atoms with van der Waals surface area (Å²) in [5, 5.41) is 40.0. The van der Waals surface area contributed by atoms with Crippen LogP contribution in [-0.4, -0.2) is 142 Å². The third kappa shape index (κ3) is 28.4. The number of nitrogen functional groups attached to an aromatic ring is 1. The highest BCUT2D eigenvalue weighted by molar-refractivity contribution is 9.11. The first kappa shape index (κ1) is 104. The first-order chi connectivity index (χ1) is 63.7. The normalized spacial score (nSPS) is 10.2. The Balaban J connectivity index is 0.000000229. The van der Waals surface area contributed by atoms with Crippen LogP contribution < -0.4 is 78.0 Å². The van der Waals surface area contributed by atoms with Crippen LogP contribution in [0.2, 0.25) is 10.3 Å². The highest BCUT2D eigenvalue weighted by atomic mass is 79.9. The summed E-state index contributed by atoms with van der Waals surface area (Å²) in [6.07, 6.45) is 0. The quantitative estimate of drug-likeness (QED) is 0.0208. The van der Waals surface area contributed by atoms with E-state index in [4.69, 9.17) is 79.3 Å². The van der Waals surface area contributed by atoms with Crippen molar-refractivity contribution in [3.8, 4) is 65.7 Å². The molecular formula is C87H71Br5Cl2F2N20O17. The fourth-order valence-electron chi connectivity index (χ4n) is 11.6. The van der Waals surface area contributed by atoms with Crippen molar-refractivity contribution in [2.75, 3.05) is 60.8 Å². The van der Waals surface area contributed by atoms with Crippen LogP contribution in [0.3, 0.4) is 0 Å². The first-order valence-electron chi connectivity index (χ1n) is 38.1. The van der Waals surface area contributed by atoms with E-state index in [1.807, 2.05) is 48.3 Å². The summed E-state index contributed by atoms with van der Waals surface area (Å²) in [5.74, 6) is -2.06. The predicted molar refractivity (Wildman–Crippen MR) is 500 cm³/mol. The second-order valence-corrected chi connectivity index (χ2v) is 31.5. The van der Waals surface area contributed by atoms with Gasteiger partial charge in [0.2, 0.25) is 52.7 Å². The number of H-pyrrole nitrogens is 4. The first-order valence-corrected chi connectivity index (χ1v) is 41.8. The van der Waals surface area contributed by atoms with Crippen LogP contribution in [0.1, 0.15) is 134 Å². The number of anilines is 2. The van der Waals surface area contributed by atoms with E-state index < -0.39 is 63.0 Å². The van der Waals surface area contributed by atoms with Gasteiger partial charge in [-0.25, -0.2) is 24.4 Å². The van der Waals surface area contributed by atoms with Gasteiger partial charge in [-0.3, -0.25) is 57.6 Å². The Kier molecular flexibility index (Phi) is 38.1. The zero-order valence-electron chi connectivity index (χ0n) is 72.4. The summed E-state index contributed by atoms with van der Waals surface area (Å²) in [7, 11) is 11.6. The van der Waals surface area contributed by atoms with Crippen LogP contribution in [0.15, 0.2) is 179 Å². The van der Waals surface area contributed by atoms with E-state index in [9.17, 15) is 62.0 Å². The maximum Gasteiger partial charge on any atom is 0.329 e. The number of aromatic nitrogens is 14. The van der Waals surface area contributed by atoms with Gasteiger partial charge in [0.25, 0.3) is 16.7 Å². The minimum absolute atomic E-state index is 0.0246. The Morgan fingerprint density at radius 1 is 0.451 bits per heavy atom. The lowest BCUT2D eigenvalue weighted by atomic mass is 10.0. The Hall–Kier alpha value is -14.6. The van der Waals surface area contributed by atoms with Crippen molar-refractivity contribution in [1.82, 2.24) is 68.9 Å². The molecule has 0 aliphatic carbocycles. The molecule has 0 aliphatic rings. The Morgan fingerprint density at radius 2 is 0.865 bits per heavy atom. The Morgan fingerprint density at radius 3 is 1.29 bits per heavy atom. The largest absolute Gasteiger partial charge is 0.497 e. The van der Waals surface area contributed by atoms with Crippen LogP contribution in [0, 0.1) is 84.9 Å². The number of aryl methyl sites for hydroxylation is 4. The van der Waals surface area contributed by atoms with E-state index in [0.717, 1.165) is 38.0 Å². The fraction of sp³-hybridized carbons (Fsp3) is 0.172. The molecule has 5 aromatic carbocycles. The van der Waals surface area contributed by atoms with Crippen LogP contribution in [-0.2, 0) is 19.6 Å². The number of ether oxygens (including phenoxy) is 7. The van der Waals surface area contributed by atoms with Gasteiger partial charge in [0.1, 0.15) is 67.7 Å². The van der Waals surface area contributed by atoms with Gasteiger partial charge in [-0.2, -0.15) is 59.7 Å². The topological polar surface area (TPSA) is 545 Å². The highest BCUT2D eigenvalue weighted by Gasteiger charge is 2.27. The van der Waals surface area contributed by atoms with Gasteiger partial charge in [-0.15, -0.1) is 0 Å². The number of benzene rings is 5. The number of halogens is 9. The molecule has 0 saturated carbocycles. The van der Waals surface area contributed by atoms with Crippen LogP contribution >= 0.6 is 103 Å². The smallest absolute Gasteiger partial charge is 0.329 e. The van der Waals surface area contributed by atoms with Crippen molar-refractivity contribution in [2.45, 2.75) is 54.7 Å². The number of hydrogen-bond acceptors (Lipinski definition) is 31. The van der Waals surface area contributed by atoms with E-state index in [1.165, 1.54) is 92.5 Å². The van der Waals surface area contributed by atoms with Gasteiger partial charge < -0.3 is 49.2 Å². The van der Waals surface area contributed by atoms with E-state index in [0.29, 0.717) is 71.5 Å². The number of ketones is 4. The number of nitriles is 4. The maximum absolute atomic E-state index is 14.4. The van der Waals surface area contributed by atoms with Crippen molar-refractivity contribution in [2.24, 2.45) is 0 Å². The number of hydrogen-bond donors (Lipinski definition) is 6. The number of pyridine rings is 2. The number of nitrogens with two attached hydrogens (primary N) is 1. The molecule has 13 rings (SSSR count). The standard InChI is InChI=1S/C27H21BrFN5O4.C19H13BrFN5O3.C15H12BrN3O3.C13H8BrN3O3.C6H6BrClN2O2.C6H7ClN2O2.CH4/c1-15-7-17(12-30)9-19(8-15)25(35)24-23(28)26(36)33-27(37)34(24)14-18-10-21(29)32-22(11-18)31-13-16-3-5-20(38-2)6-4-16;1-9-2-10(7-22)4-12(3-9)17(27)16-15(20)18(28)25-19(29)26(16)8-11-5-13(21)24-14(23)6-11;1-8-4-9(7-17)6-10(5-8)13(20)12-11(16)14(21-2)19-15(18-12)22-3;1-6-2-7(5-15)4-8(3-6)11(18)10-9(14)12(19)17-13(20)16-10;1-11-5-3(7)4(8)9-6(10-5)12-2;1-10-5-3-4(7)8-6(9-5)11-2;/h3-11H,13-14H2,1-2H3,(H,31,32)(H,33,36,37);2-6H,8H2,1H3,(H2,23,24)(H,25,28,29);4-6H,1-3H3;2-4H,1H3,(H2,16,17,19,20);1-2H3;3H,1-2H3;1H4/i;;;;;;1T. The van der Waals surface area contributed by atoms with Crippen molar-refractivity contribution in [3.63, 3.8) is 0 Å². The zero-order valence-corrected chi connectivity index (χ0v) is 80.9. The second-order valence-electron chi connectivity index (χ2n) is 26.8. The minimum atomic E-state index is -0.856. The summed E-state index contributed by atoms with van der Waals surface area (Å²) in [4.78, 5) is 163. The van der Waals surface area contributed by atoms with Gasteiger partial charge >= 0.3 is 35.1 Å². The number of aromatic amines is 4. The molecule has 0 fully saturated rings. The van der Waals surface area contributed by atoms with Crippen molar-refractivity contribution in [3.05, 3.63) is 341 Å². The van der Waals surface area contributed by atoms with Crippen molar-refractivity contribution < 1.29 is 62.5 Å². The number of carbonyl (C=O) groups is 4. The molecule has 8 aromatic heterocycles. The lowest BCUT2D eigenvalue weighted by molar-refractivity contribution is 0.102. The lowest BCUT2D eigenvalue weighted by Crippen LogP contribution is -2.35. The molecule has 0 amide bonds.